The molecule has 120 valence electrons. The molecule has 0 spiro atoms. The van der Waals surface area contributed by atoms with Crippen LogP contribution in [0.2, 0.25) is 0 Å². The zero-order valence-electron chi connectivity index (χ0n) is 12.9. The molecular weight excluding hydrogens is 324 g/mol. The second kappa shape index (κ2) is 6.01. The van der Waals surface area contributed by atoms with E-state index in [-0.39, 0.29) is 5.78 Å². The van der Waals surface area contributed by atoms with Crippen molar-refractivity contribution in [1.82, 2.24) is 20.2 Å². The van der Waals surface area contributed by atoms with Crippen LogP contribution < -0.4 is 0 Å². The minimum Gasteiger partial charge on any atom is -0.453 e. The predicted octanol–water partition coefficient (Wildman–Crippen LogP) is 3.89. The highest BCUT2D eigenvalue weighted by Crippen LogP contribution is 2.32. The van der Waals surface area contributed by atoms with Gasteiger partial charge in [0.15, 0.2) is 16.7 Å². The summed E-state index contributed by atoms with van der Waals surface area (Å²) >= 11 is 1.33. The second-order valence-electron chi connectivity index (χ2n) is 5.38. The zero-order chi connectivity index (χ0) is 16.5. The summed E-state index contributed by atoms with van der Waals surface area (Å²) in [6, 6.07) is 11.8. The number of H-pyrrole nitrogens is 2. The average molecular weight is 338 g/mol. The normalized spacial score (nSPS) is 11.2. The molecule has 6 nitrogen and oxygen atoms in total. The molecule has 24 heavy (non-hydrogen) atoms. The van der Waals surface area contributed by atoms with Gasteiger partial charge < -0.3 is 14.4 Å². The highest BCUT2D eigenvalue weighted by molar-refractivity contribution is 7.99. The van der Waals surface area contributed by atoms with Gasteiger partial charge in [-0.1, -0.05) is 23.9 Å². The summed E-state index contributed by atoms with van der Waals surface area (Å²) in [5.74, 6) is 2.39. The fourth-order valence-electron chi connectivity index (χ4n) is 2.50. The van der Waals surface area contributed by atoms with E-state index in [0.29, 0.717) is 22.5 Å². The number of ketones is 1. The molecule has 0 atom stereocenters. The summed E-state index contributed by atoms with van der Waals surface area (Å²) < 4.78 is 5.95. The van der Waals surface area contributed by atoms with Gasteiger partial charge in [0.2, 0.25) is 0 Å². The Morgan fingerprint density at radius 1 is 1.17 bits per heavy atom. The lowest BCUT2D eigenvalue weighted by Gasteiger charge is -1.99. The van der Waals surface area contributed by atoms with E-state index in [9.17, 15) is 4.79 Å². The lowest BCUT2D eigenvalue weighted by molar-refractivity contribution is -0.114. The quantitative estimate of drug-likeness (QED) is 0.539. The first-order valence-corrected chi connectivity index (χ1v) is 8.41. The zero-order valence-corrected chi connectivity index (χ0v) is 13.7. The third-order valence-corrected chi connectivity index (χ3v) is 4.59. The summed E-state index contributed by atoms with van der Waals surface area (Å²) in [6.07, 6.45) is 1.91. The number of furan rings is 1. The van der Waals surface area contributed by atoms with Crippen LogP contribution in [0.5, 0.6) is 0 Å². The molecule has 0 aliphatic rings. The van der Waals surface area contributed by atoms with Gasteiger partial charge in [-0.25, -0.2) is 0 Å². The number of aromatic amines is 2. The molecule has 0 saturated carbocycles. The number of carbonyl (C=O) groups is 1. The fourth-order valence-corrected chi connectivity index (χ4v) is 3.11. The van der Waals surface area contributed by atoms with E-state index < -0.39 is 0 Å². The summed E-state index contributed by atoms with van der Waals surface area (Å²) in [6.45, 7) is 1.55. The van der Waals surface area contributed by atoms with Gasteiger partial charge in [0.1, 0.15) is 11.5 Å². The first kappa shape index (κ1) is 14.8. The van der Waals surface area contributed by atoms with Crippen molar-refractivity contribution in [2.75, 3.05) is 5.75 Å². The molecule has 3 heterocycles. The van der Waals surface area contributed by atoms with Crippen molar-refractivity contribution < 1.29 is 9.21 Å². The Bertz CT molecular complexity index is 1010. The number of carbonyl (C=O) groups excluding carboxylic acids is 1. The summed E-state index contributed by atoms with van der Waals surface area (Å²) in [4.78, 5) is 17.3. The number of thioether (sulfide) groups is 1. The van der Waals surface area contributed by atoms with Crippen molar-refractivity contribution in [3.63, 3.8) is 0 Å². The maximum absolute atomic E-state index is 11.0. The summed E-state index contributed by atoms with van der Waals surface area (Å²) in [5, 5.41) is 9.82. The van der Waals surface area contributed by atoms with E-state index in [1.807, 2.05) is 42.6 Å². The number of nitrogens with one attached hydrogen (secondary N) is 2. The number of nitrogens with zero attached hydrogens (tertiary/aromatic N) is 2. The maximum Gasteiger partial charge on any atom is 0.197 e. The SMILES string of the molecule is CC(=O)CSc1nnc(-c2ccc(-c3cccc4[nH]ccc34)o2)[nH]1. The molecule has 7 heteroatoms. The lowest BCUT2D eigenvalue weighted by Crippen LogP contribution is -1.93. The van der Waals surface area contributed by atoms with Gasteiger partial charge in [-0.05, 0) is 31.2 Å². The van der Waals surface area contributed by atoms with E-state index >= 15 is 0 Å². The van der Waals surface area contributed by atoms with Crippen LogP contribution in [0, 0.1) is 0 Å². The van der Waals surface area contributed by atoms with Crippen LogP contribution >= 0.6 is 11.8 Å². The molecule has 0 fully saturated rings. The van der Waals surface area contributed by atoms with Crippen molar-refractivity contribution in [2.45, 2.75) is 12.1 Å². The Hall–Kier alpha value is -2.80. The summed E-state index contributed by atoms with van der Waals surface area (Å²) in [5.41, 5.74) is 2.08. The third kappa shape index (κ3) is 2.74. The van der Waals surface area contributed by atoms with Gasteiger partial charge >= 0.3 is 0 Å². The Balaban J connectivity index is 1.63. The Morgan fingerprint density at radius 3 is 2.92 bits per heavy atom. The number of hydrogen-bond donors (Lipinski definition) is 2. The van der Waals surface area contributed by atoms with Gasteiger partial charge in [-0.15, -0.1) is 10.2 Å². The van der Waals surface area contributed by atoms with Crippen LogP contribution in [0.25, 0.3) is 33.8 Å². The first-order chi connectivity index (χ1) is 11.7. The molecule has 0 aliphatic carbocycles. The van der Waals surface area contributed by atoms with Crippen LogP contribution in [0.15, 0.2) is 52.2 Å². The lowest BCUT2D eigenvalue weighted by atomic mass is 10.1. The highest BCUT2D eigenvalue weighted by Gasteiger charge is 2.13. The molecule has 0 radical (unpaired) electrons. The van der Waals surface area contributed by atoms with Gasteiger partial charge in [0.25, 0.3) is 0 Å². The minimum atomic E-state index is 0.0952. The molecule has 0 saturated heterocycles. The number of Topliss-reactive ketones (excluding diaryl/α,β-unsaturated/α-hetero) is 1. The smallest absolute Gasteiger partial charge is 0.197 e. The van der Waals surface area contributed by atoms with E-state index in [0.717, 1.165) is 22.2 Å². The number of rotatable bonds is 5. The Morgan fingerprint density at radius 2 is 2.04 bits per heavy atom. The predicted molar refractivity (Wildman–Crippen MR) is 92.8 cm³/mol. The Labute approximate surface area is 141 Å². The van der Waals surface area contributed by atoms with Gasteiger partial charge in [0, 0.05) is 22.7 Å². The van der Waals surface area contributed by atoms with E-state index in [1.54, 1.807) is 6.92 Å². The van der Waals surface area contributed by atoms with Crippen LogP contribution in [0.4, 0.5) is 0 Å². The molecule has 4 rings (SSSR count). The molecule has 0 bridgehead atoms. The molecule has 0 unspecified atom stereocenters. The van der Waals surface area contributed by atoms with Crippen LogP contribution in [0.1, 0.15) is 6.92 Å². The molecule has 2 N–H and O–H groups in total. The topological polar surface area (TPSA) is 87.6 Å². The van der Waals surface area contributed by atoms with Crippen molar-refractivity contribution in [1.29, 1.82) is 0 Å². The van der Waals surface area contributed by atoms with Crippen LogP contribution in [0.3, 0.4) is 0 Å². The average Bonchev–Trinajstić information content (AvgIpc) is 3.31. The third-order valence-electron chi connectivity index (χ3n) is 3.58. The minimum absolute atomic E-state index is 0.0952. The van der Waals surface area contributed by atoms with Crippen LogP contribution in [-0.2, 0) is 4.79 Å². The number of hydrogen-bond acceptors (Lipinski definition) is 5. The largest absolute Gasteiger partial charge is 0.453 e. The standard InChI is InChI=1S/C17H14N4O2S/c1-10(22)9-24-17-19-16(20-21-17)15-6-5-14(23-15)12-3-2-4-13-11(12)7-8-18-13/h2-8,18H,9H2,1H3,(H,19,20,21). The molecular formula is C17H14N4O2S. The number of benzene rings is 1. The fraction of sp³-hybridized carbons (Fsp3) is 0.118. The van der Waals surface area contributed by atoms with Crippen molar-refractivity contribution >= 4 is 28.4 Å². The van der Waals surface area contributed by atoms with Gasteiger partial charge in [-0.2, -0.15) is 0 Å². The highest BCUT2D eigenvalue weighted by atomic mass is 32.2. The first-order valence-electron chi connectivity index (χ1n) is 7.42. The molecule has 3 aromatic heterocycles. The molecule has 0 aliphatic heterocycles. The van der Waals surface area contributed by atoms with E-state index in [2.05, 4.69) is 20.2 Å². The maximum atomic E-state index is 11.0. The van der Waals surface area contributed by atoms with Gasteiger partial charge in [0.05, 0.1) is 5.75 Å². The van der Waals surface area contributed by atoms with Gasteiger partial charge in [-0.3, -0.25) is 4.79 Å². The molecule has 1 aromatic carbocycles. The monoisotopic (exact) mass is 338 g/mol. The van der Waals surface area contributed by atoms with E-state index in [4.69, 9.17) is 4.42 Å². The molecule has 4 aromatic rings. The molecule has 0 amide bonds. The Kier molecular flexibility index (Phi) is 3.70. The van der Waals surface area contributed by atoms with Crippen molar-refractivity contribution in [3.8, 4) is 22.9 Å². The van der Waals surface area contributed by atoms with Crippen molar-refractivity contribution in [3.05, 3.63) is 42.6 Å². The summed E-state index contributed by atoms with van der Waals surface area (Å²) in [7, 11) is 0. The number of aromatic nitrogens is 4. The van der Waals surface area contributed by atoms with Crippen molar-refractivity contribution in [2.24, 2.45) is 0 Å². The second-order valence-corrected chi connectivity index (χ2v) is 6.34. The van der Waals surface area contributed by atoms with E-state index in [1.165, 1.54) is 11.8 Å². The van der Waals surface area contributed by atoms with Crippen LogP contribution in [-0.4, -0.2) is 31.7 Å². The number of fused-ring (bicyclic) bond motifs is 1.